The predicted octanol–water partition coefficient (Wildman–Crippen LogP) is 4.55. The van der Waals surface area contributed by atoms with Crippen LogP contribution in [-0.4, -0.2) is 19.2 Å². The van der Waals surface area contributed by atoms with Crippen molar-refractivity contribution in [2.75, 3.05) is 13.1 Å². The van der Waals surface area contributed by atoms with Gasteiger partial charge in [-0.2, -0.15) is 0 Å². The van der Waals surface area contributed by atoms with Gasteiger partial charge in [0.25, 0.3) is 0 Å². The second-order valence-electron chi connectivity index (χ2n) is 5.49. The van der Waals surface area contributed by atoms with E-state index in [1.165, 1.54) is 5.56 Å². The van der Waals surface area contributed by atoms with Gasteiger partial charge in [0.2, 0.25) is 0 Å². The molecule has 1 unspecified atom stereocenters. The van der Waals surface area contributed by atoms with E-state index in [0.717, 1.165) is 36.2 Å². The number of nitrogens with one attached hydrogen (secondary N) is 1. The molecule has 19 heavy (non-hydrogen) atoms. The Morgan fingerprint density at radius 1 is 1.26 bits per heavy atom. The van der Waals surface area contributed by atoms with Crippen molar-refractivity contribution in [2.45, 2.75) is 46.6 Å². The Hall–Kier alpha value is -0.540. The van der Waals surface area contributed by atoms with E-state index in [9.17, 15) is 0 Å². The van der Waals surface area contributed by atoms with Crippen molar-refractivity contribution in [1.29, 1.82) is 0 Å². The molecule has 1 N–H and O–H groups in total. The minimum atomic E-state index is 0.247. The van der Waals surface area contributed by atoms with Crippen LogP contribution in [0.15, 0.2) is 22.7 Å². The zero-order chi connectivity index (χ0) is 14.3. The van der Waals surface area contributed by atoms with Gasteiger partial charge in [0.15, 0.2) is 0 Å². The maximum absolute atomic E-state index is 6.16. The van der Waals surface area contributed by atoms with Gasteiger partial charge in [-0.05, 0) is 43.5 Å². The van der Waals surface area contributed by atoms with E-state index in [2.05, 4.69) is 61.1 Å². The molecule has 0 saturated heterocycles. The van der Waals surface area contributed by atoms with Gasteiger partial charge < -0.3 is 10.1 Å². The summed E-state index contributed by atoms with van der Waals surface area (Å²) < 4.78 is 7.22. The number of ether oxygens (including phenoxy) is 1. The Morgan fingerprint density at radius 2 is 2.00 bits per heavy atom. The lowest BCUT2D eigenvalue weighted by atomic mass is 10.1. The Morgan fingerprint density at radius 3 is 2.63 bits per heavy atom. The van der Waals surface area contributed by atoms with Crippen LogP contribution in [0.2, 0.25) is 0 Å². The number of hydrogen-bond acceptors (Lipinski definition) is 2. The van der Waals surface area contributed by atoms with E-state index in [-0.39, 0.29) is 6.10 Å². The van der Waals surface area contributed by atoms with E-state index >= 15 is 0 Å². The minimum Gasteiger partial charge on any atom is -0.489 e. The van der Waals surface area contributed by atoms with Crippen LogP contribution in [0.1, 0.15) is 39.2 Å². The van der Waals surface area contributed by atoms with Gasteiger partial charge in [-0.3, -0.25) is 0 Å². The molecule has 1 atom stereocenters. The first-order valence-electron chi connectivity index (χ1n) is 7.16. The summed E-state index contributed by atoms with van der Waals surface area (Å²) >= 11 is 3.50. The second kappa shape index (κ2) is 8.60. The Labute approximate surface area is 126 Å². The van der Waals surface area contributed by atoms with E-state index in [1.807, 2.05) is 6.07 Å². The molecule has 2 nitrogen and oxygen atoms in total. The standard InChI is InChI=1S/C16H26BrNO/c1-5-6-15(11-18-10-12(2)3)19-16-9-14(17)8-7-13(16)4/h7-9,12,15,18H,5-6,10-11H2,1-4H3. The van der Waals surface area contributed by atoms with Crippen molar-refractivity contribution in [3.8, 4) is 5.75 Å². The summed E-state index contributed by atoms with van der Waals surface area (Å²) in [6.45, 7) is 10.7. The summed E-state index contributed by atoms with van der Waals surface area (Å²) in [5.41, 5.74) is 1.19. The second-order valence-corrected chi connectivity index (χ2v) is 6.41. The monoisotopic (exact) mass is 327 g/mol. The molecular weight excluding hydrogens is 302 g/mol. The molecule has 0 radical (unpaired) electrons. The first kappa shape index (κ1) is 16.5. The molecule has 3 heteroatoms. The largest absolute Gasteiger partial charge is 0.489 e. The molecule has 1 aromatic rings. The molecular formula is C16H26BrNO. The van der Waals surface area contributed by atoms with Crippen LogP contribution in [-0.2, 0) is 0 Å². The summed E-state index contributed by atoms with van der Waals surface area (Å²) in [4.78, 5) is 0. The molecule has 0 aliphatic heterocycles. The molecule has 0 spiro atoms. The third-order valence-corrected chi connectivity index (χ3v) is 3.47. The third-order valence-electron chi connectivity index (χ3n) is 2.98. The van der Waals surface area contributed by atoms with Crippen LogP contribution in [0.25, 0.3) is 0 Å². The highest BCUT2D eigenvalue weighted by Gasteiger charge is 2.11. The average Bonchev–Trinajstić information content (AvgIpc) is 2.33. The lowest BCUT2D eigenvalue weighted by Crippen LogP contribution is -2.33. The van der Waals surface area contributed by atoms with Crippen LogP contribution in [0, 0.1) is 12.8 Å². The van der Waals surface area contributed by atoms with Gasteiger partial charge in [-0.25, -0.2) is 0 Å². The van der Waals surface area contributed by atoms with Crippen LogP contribution in [0.4, 0.5) is 0 Å². The van der Waals surface area contributed by atoms with Gasteiger partial charge in [0.05, 0.1) is 0 Å². The van der Waals surface area contributed by atoms with Crippen LogP contribution < -0.4 is 10.1 Å². The molecule has 1 rings (SSSR count). The fraction of sp³-hybridized carbons (Fsp3) is 0.625. The summed E-state index contributed by atoms with van der Waals surface area (Å²) in [7, 11) is 0. The SMILES string of the molecule is CCCC(CNCC(C)C)Oc1cc(Br)ccc1C. The Balaban J connectivity index is 2.58. The number of rotatable bonds is 8. The molecule has 0 heterocycles. The van der Waals surface area contributed by atoms with Crippen molar-refractivity contribution in [2.24, 2.45) is 5.92 Å². The van der Waals surface area contributed by atoms with E-state index in [1.54, 1.807) is 0 Å². The predicted molar refractivity (Wildman–Crippen MR) is 85.9 cm³/mol. The van der Waals surface area contributed by atoms with Crippen molar-refractivity contribution < 1.29 is 4.74 Å². The normalized spacial score (nSPS) is 12.7. The number of hydrogen-bond donors (Lipinski definition) is 1. The summed E-state index contributed by atoms with van der Waals surface area (Å²) in [6, 6.07) is 6.19. The van der Waals surface area contributed by atoms with Crippen molar-refractivity contribution in [3.05, 3.63) is 28.2 Å². The quantitative estimate of drug-likeness (QED) is 0.756. The van der Waals surface area contributed by atoms with E-state index in [0.29, 0.717) is 5.92 Å². The van der Waals surface area contributed by atoms with Crippen LogP contribution in [0.3, 0.4) is 0 Å². The zero-order valence-corrected chi connectivity index (χ0v) is 14.1. The lowest BCUT2D eigenvalue weighted by molar-refractivity contribution is 0.184. The Bertz CT molecular complexity index is 379. The molecule has 0 saturated carbocycles. The van der Waals surface area contributed by atoms with Crippen LogP contribution >= 0.6 is 15.9 Å². The van der Waals surface area contributed by atoms with Crippen molar-refractivity contribution >= 4 is 15.9 Å². The molecule has 0 bridgehead atoms. The highest BCUT2D eigenvalue weighted by Crippen LogP contribution is 2.24. The number of aryl methyl sites for hydroxylation is 1. The molecule has 0 aliphatic carbocycles. The summed E-state index contributed by atoms with van der Waals surface area (Å²) in [6.07, 6.45) is 2.47. The lowest BCUT2D eigenvalue weighted by Gasteiger charge is -2.21. The fourth-order valence-electron chi connectivity index (χ4n) is 1.94. The van der Waals surface area contributed by atoms with Crippen molar-refractivity contribution in [1.82, 2.24) is 5.32 Å². The number of benzene rings is 1. The highest BCUT2D eigenvalue weighted by atomic mass is 79.9. The third kappa shape index (κ3) is 6.44. The molecule has 0 amide bonds. The molecule has 0 aliphatic rings. The first-order valence-corrected chi connectivity index (χ1v) is 7.95. The van der Waals surface area contributed by atoms with Crippen molar-refractivity contribution in [3.63, 3.8) is 0 Å². The highest BCUT2D eigenvalue weighted by molar-refractivity contribution is 9.10. The van der Waals surface area contributed by atoms with Gasteiger partial charge in [-0.15, -0.1) is 0 Å². The van der Waals surface area contributed by atoms with E-state index in [4.69, 9.17) is 4.74 Å². The summed E-state index contributed by atoms with van der Waals surface area (Å²) in [5.74, 6) is 1.66. The molecule has 0 fully saturated rings. The smallest absolute Gasteiger partial charge is 0.123 e. The number of halogens is 1. The maximum Gasteiger partial charge on any atom is 0.123 e. The van der Waals surface area contributed by atoms with Gasteiger partial charge >= 0.3 is 0 Å². The van der Waals surface area contributed by atoms with E-state index < -0.39 is 0 Å². The molecule has 1 aromatic carbocycles. The minimum absolute atomic E-state index is 0.247. The topological polar surface area (TPSA) is 21.3 Å². The first-order chi connectivity index (χ1) is 9.02. The molecule has 0 aromatic heterocycles. The molecule has 108 valence electrons. The fourth-order valence-corrected chi connectivity index (χ4v) is 2.28. The van der Waals surface area contributed by atoms with Gasteiger partial charge in [0.1, 0.15) is 11.9 Å². The van der Waals surface area contributed by atoms with Gasteiger partial charge in [0, 0.05) is 11.0 Å². The van der Waals surface area contributed by atoms with Crippen LogP contribution in [0.5, 0.6) is 5.75 Å². The summed E-state index contributed by atoms with van der Waals surface area (Å²) in [5, 5.41) is 3.49. The maximum atomic E-state index is 6.16. The zero-order valence-electron chi connectivity index (χ0n) is 12.5. The average molecular weight is 328 g/mol. The Kier molecular flexibility index (Phi) is 7.47. The van der Waals surface area contributed by atoms with Gasteiger partial charge in [-0.1, -0.05) is 49.2 Å².